The van der Waals surface area contributed by atoms with Gasteiger partial charge in [-0.1, -0.05) is 18.2 Å². The van der Waals surface area contributed by atoms with E-state index in [0.29, 0.717) is 17.8 Å². The predicted octanol–water partition coefficient (Wildman–Crippen LogP) is 3.76. The molecular weight excluding hydrogens is 246 g/mol. The second-order valence-electron chi connectivity index (χ2n) is 4.21. The molecule has 4 heteroatoms. The molecule has 0 unspecified atom stereocenters. The topological polar surface area (TPSA) is 35.8 Å². The normalized spacial score (nSPS) is 10.0. The minimum Gasteiger partial charge on any atom is -0.380 e. The van der Waals surface area contributed by atoms with E-state index in [0.717, 1.165) is 5.56 Å². The van der Waals surface area contributed by atoms with E-state index in [1.165, 1.54) is 18.2 Å². The van der Waals surface area contributed by atoms with Crippen molar-refractivity contribution in [3.8, 4) is 6.07 Å². The molecule has 1 N–H and O–H groups in total. The molecule has 0 aliphatic heterocycles. The SMILES string of the molecule is Cc1ccc(CNc2cccc(F)c2C#N)cc1F. The van der Waals surface area contributed by atoms with E-state index < -0.39 is 5.82 Å². The third-order valence-electron chi connectivity index (χ3n) is 2.84. The summed E-state index contributed by atoms with van der Waals surface area (Å²) in [6.45, 7) is 2.02. The van der Waals surface area contributed by atoms with Crippen molar-refractivity contribution in [2.45, 2.75) is 13.5 Å². The van der Waals surface area contributed by atoms with Crippen LogP contribution in [0, 0.1) is 29.9 Å². The molecule has 0 spiro atoms. The first-order valence-corrected chi connectivity index (χ1v) is 5.79. The van der Waals surface area contributed by atoms with Crippen LogP contribution in [0.5, 0.6) is 0 Å². The van der Waals surface area contributed by atoms with Crippen LogP contribution in [-0.4, -0.2) is 0 Å². The number of nitriles is 1. The van der Waals surface area contributed by atoms with Gasteiger partial charge in [-0.05, 0) is 36.2 Å². The molecular formula is C15H12F2N2. The molecule has 0 aromatic heterocycles. The largest absolute Gasteiger partial charge is 0.380 e. The second-order valence-corrected chi connectivity index (χ2v) is 4.21. The zero-order valence-electron chi connectivity index (χ0n) is 10.4. The highest BCUT2D eigenvalue weighted by molar-refractivity contribution is 5.58. The van der Waals surface area contributed by atoms with Gasteiger partial charge in [0.15, 0.2) is 0 Å². The van der Waals surface area contributed by atoms with Gasteiger partial charge in [0.1, 0.15) is 23.3 Å². The summed E-state index contributed by atoms with van der Waals surface area (Å²) in [5.41, 5.74) is 1.68. The van der Waals surface area contributed by atoms with Crippen molar-refractivity contribution in [1.82, 2.24) is 0 Å². The van der Waals surface area contributed by atoms with Gasteiger partial charge in [-0.3, -0.25) is 0 Å². The molecule has 0 bridgehead atoms. The van der Waals surface area contributed by atoms with Crippen molar-refractivity contribution < 1.29 is 8.78 Å². The molecule has 0 saturated carbocycles. The molecule has 2 nitrogen and oxygen atoms in total. The minimum atomic E-state index is -0.567. The Labute approximate surface area is 110 Å². The zero-order valence-corrected chi connectivity index (χ0v) is 10.4. The fraction of sp³-hybridized carbons (Fsp3) is 0.133. The Morgan fingerprint density at radius 1 is 1.16 bits per heavy atom. The highest BCUT2D eigenvalue weighted by Crippen LogP contribution is 2.19. The molecule has 0 radical (unpaired) electrons. The molecule has 0 fully saturated rings. The lowest BCUT2D eigenvalue weighted by molar-refractivity contribution is 0.616. The number of hydrogen-bond acceptors (Lipinski definition) is 2. The molecule has 0 amide bonds. The van der Waals surface area contributed by atoms with Gasteiger partial charge in [-0.2, -0.15) is 5.26 Å². The summed E-state index contributed by atoms with van der Waals surface area (Å²) in [4.78, 5) is 0. The molecule has 96 valence electrons. The summed E-state index contributed by atoms with van der Waals surface area (Å²) in [6.07, 6.45) is 0. The maximum Gasteiger partial charge on any atom is 0.143 e. The van der Waals surface area contributed by atoms with Crippen LogP contribution in [0.25, 0.3) is 0 Å². The van der Waals surface area contributed by atoms with Gasteiger partial charge in [0.05, 0.1) is 5.69 Å². The van der Waals surface area contributed by atoms with Crippen LogP contribution in [0.2, 0.25) is 0 Å². The summed E-state index contributed by atoms with van der Waals surface area (Å²) in [5, 5.41) is 11.8. The van der Waals surface area contributed by atoms with Gasteiger partial charge in [0.25, 0.3) is 0 Å². The summed E-state index contributed by atoms with van der Waals surface area (Å²) < 4.78 is 26.7. The number of nitrogens with one attached hydrogen (secondary N) is 1. The van der Waals surface area contributed by atoms with Crippen molar-refractivity contribution in [3.05, 3.63) is 64.7 Å². The highest BCUT2D eigenvalue weighted by atomic mass is 19.1. The summed E-state index contributed by atoms with van der Waals surface area (Å²) in [6, 6.07) is 11.1. The third-order valence-corrected chi connectivity index (χ3v) is 2.84. The Hall–Kier alpha value is -2.41. The Balaban J connectivity index is 2.17. The fourth-order valence-corrected chi connectivity index (χ4v) is 1.73. The first-order chi connectivity index (χ1) is 9.11. The molecule has 0 aliphatic carbocycles. The van der Waals surface area contributed by atoms with Crippen molar-refractivity contribution in [1.29, 1.82) is 5.26 Å². The van der Waals surface area contributed by atoms with Crippen LogP contribution in [0.4, 0.5) is 14.5 Å². The number of rotatable bonds is 3. The molecule has 2 rings (SSSR count). The fourth-order valence-electron chi connectivity index (χ4n) is 1.73. The Morgan fingerprint density at radius 2 is 1.95 bits per heavy atom. The number of nitrogens with zero attached hydrogens (tertiary/aromatic N) is 1. The van der Waals surface area contributed by atoms with E-state index in [1.54, 1.807) is 25.1 Å². The maximum absolute atomic E-state index is 13.4. The molecule has 2 aromatic carbocycles. The van der Waals surface area contributed by atoms with Gasteiger partial charge >= 0.3 is 0 Å². The number of hydrogen-bond donors (Lipinski definition) is 1. The minimum absolute atomic E-state index is 0.0323. The van der Waals surface area contributed by atoms with Crippen LogP contribution >= 0.6 is 0 Å². The van der Waals surface area contributed by atoms with Gasteiger partial charge in [-0.15, -0.1) is 0 Å². The molecule has 0 aliphatic rings. The van der Waals surface area contributed by atoms with E-state index in [9.17, 15) is 8.78 Å². The smallest absolute Gasteiger partial charge is 0.143 e. The van der Waals surface area contributed by atoms with Crippen molar-refractivity contribution in [3.63, 3.8) is 0 Å². The molecule has 0 atom stereocenters. The summed E-state index contributed by atoms with van der Waals surface area (Å²) in [5.74, 6) is -0.846. The summed E-state index contributed by atoms with van der Waals surface area (Å²) >= 11 is 0. The third kappa shape index (κ3) is 2.89. The van der Waals surface area contributed by atoms with E-state index in [1.807, 2.05) is 6.07 Å². The van der Waals surface area contributed by atoms with Crippen LogP contribution in [0.1, 0.15) is 16.7 Å². The number of anilines is 1. The van der Waals surface area contributed by atoms with Crippen molar-refractivity contribution in [2.24, 2.45) is 0 Å². The highest BCUT2D eigenvalue weighted by Gasteiger charge is 2.07. The van der Waals surface area contributed by atoms with Crippen molar-refractivity contribution in [2.75, 3.05) is 5.32 Å². The number of halogens is 2. The Kier molecular flexibility index (Phi) is 3.76. The number of benzene rings is 2. The maximum atomic E-state index is 13.4. The van der Waals surface area contributed by atoms with Crippen LogP contribution in [-0.2, 0) is 6.54 Å². The quantitative estimate of drug-likeness (QED) is 0.909. The van der Waals surface area contributed by atoms with Gasteiger partial charge in [-0.25, -0.2) is 8.78 Å². The summed E-state index contributed by atoms with van der Waals surface area (Å²) in [7, 11) is 0. The Bertz CT molecular complexity index is 645. The lowest BCUT2D eigenvalue weighted by atomic mass is 10.1. The zero-order chi connectivity index (χ0) is 13.8. The first-order valence-electron chi connectivity index (χ1n) is 5.79. The van der Waals surface area contributed by atoms with E-state index >= 15 is 0 Å². The first kappa shape index (κ1) is 13.0. The molecule has 2 aromatic rings. The Morgan fingerprint density at radius 3 is 2.63 bits per heavy atom. The lowest BCUT2D eigenvalue weighted by Crippen LogP contribution is -2.03. The molecule has 19 heavy (non-hydrogen) atoms. The molecule has 0 heterocycles. The van der Waals surface area contributed by atoms with E-state index in [2.05, 4.69) is 5.32 Å². The molecule has 0 saturated heterocycles. The van der Waals surface area contributed by atoms with E-state index in [4.69, 9.17) is 5.26 Å². The van der Waals surface area contributed by atoms with Crippen molar-refractivity contribution >= 4 is 5.69 Å². The average molecular weight is 258 g/mol. The van der Waals surface area contributed by atoms with Gasteiger partial charge < -0.3 is 5.32 Å². The number of aryl methyl sites for hydroxylation is 1. The predicted molar refractivity (Wildman–Crippen MR) is 69.6 cm³/mol. The second kappa shape index (κ2) is 5.49. The van der Waals surface area contributed by atoms with Gasteiger partial charge in [0.2, 0.25) is 0 Å². The monoisotopic (exact) mass is 258 g/mol. The van der Waals surface area contributed by atoms with Crippen LogP contribution in [0.15, 0.2) is 36.4 Å². The van der Waals surface area contributed by atoms with Crippen LogP contribution in [0.3, 0.4) is 0 Å². The van der Waals surface area contributed by atoms with E-state index in [-0.39, 0.29) is 11.4 Å². The van der Waals surface area contributed by atoms with Gasteiger partial charge in [0, 0.05) is 6.54 Å². The average Bonchev–Trinajstić information content (AvgIpc) is 2.40. The lowest BCUT2D eigenvalue weighted by Gasteiger charge is -2.09. The standard InChI is InChI=1S/C15H12F2N2/c1-10-5-6-11(7-14(10)17)9-19-15-4-2-3-13(16)12(15)8-18/h2-7,19H,9H2,1H3. The van der Waals surface area contributed by atoms with Crippen LogP contribution < -0.4 is 5.32 Å².